The number of hydrogen-bond acceptors (Lipinski definition) is 3. The van der Waals surface area contributed by atoms with E-state index >= 15 is 0 Å². The van der Waals surface area contributed by atoms with Gasteiger partial charge in [-0.3, -0.25) is 0 Å². The topological polar surface area (TPSA) is 63.4 Å². The lowest BCUT2D eigenvalue weighted by atomic mass is 10.1. The summed E-state index contributed by atoms with van der Waals surface area (Å²) in [5.74, 6) is -0.210. The number of nitrogens with two attached hydrogens (primary N) is 1. The molecular weight excluding hydrogens is 279 g/mol. The Labute approximate surface area is 120 Å². The quantitative estimate of drug-likeness (QED) is 0.876. The van der Waals surface area contributed by atoms with Gasteiger partial charge in [0.25, 0.3) is 0 Å². The molecule has 0 unspecified atom stereocenters. The van der Waals surface area contributed by atoms with Crippen LogP contribution in [-0.2, 0) is 16.6 Å². The predicted molar refractivity (Wildman–Crippen MR) is 78.3 cm³/mol. The van der Waals surface area contributed by atoms with Gasteiger partial charge in [-0.15, -0.1) is 0 Å². The van der Waals surface area contributed by atoms with Gasteiger partial charge >= 0.3 is 0 Å². The molecule has 1 aromatic rings. The number of rotatable bonds is 6. The summed E-state index contributed by atoms with van der Waals surface area (Å²) < 4.78 is 40.4. The van der Waals surface area contributed by atoms with Gasteiger partial charge < -0.3 is 5.73 Å². The second-order valence-electron chi connectivity index (χ2n) is 5.27. The molecule has 0 aromatic heterocycles. The Hall–Kier alpha value is -0.980. The molecule has 0 bridgehead atoms. The molecule has 114 valence electrons. The summed E-state index contributed by atoms with van der Waals surface area (Å²) in [7, 11) is -3.61. The Morgan fingerprint density at radius 1 is 1.35 bits per heavy atom. The Bertz CT molecular complexity index is 571. The Kier molecular flexibility index (Phi) is 5.68. The summed E-state index contributed by atoms with van der Waals surface area (Å²) in [6.07, 6.45) is 0. The van der Waals surface area contributed by atoms with Gasteiger partial charge in [0.15, 0.2) is 0 Å². The monoisotopic (exact) mass is 302 g/mol. The van der Waals surface area contributed by atoms with Gasteiger partial charge in [-0.2, -0.15) is 4.31 Å². The van der Waals surface area contributed by atoms with E-state index in [2.05, 4.69) is 0 Å². The molecule has 0 amide bonds. The van der Waals surface area contributed by atoms with Gasteiger partial charge in [-0.05, 0) is 30.5 Å². The first-order chi connectivity index (χ1) is 9.23. The fourth-order valence-corrected chi connectivity index (χ4v) is 3.81. The van der Waals surface area contributed by atoms with Crippen molar-refractivity contribution in [2.75, 3.05) is 13.1 Å². The molecule has 4 nitrogen and oxygen atoms in total. The molecule has 2 N–H and O–H groups in total. The fraction of sp³-hybridized carbons (Fsp3) is 0.571. The van der Waals surface area contributed by atoms with Crippen molar-refractivity contribution in [3.05, 3.63) is 29.1 Å². The van der Waals surface area contributed by atoms with Crippen molar-refractivity contribution >= 4 is 10.0 Å². The van der Waals surface area contributed by atoms with Crippen molar-refractivity contribution < 1.29 is 12.8 Å². The molecule has 20 heavy (non-hydrogen) atoms. The first kappa shape index (κ1) is 17.1. The zero-order valence-corrected chi connectivity index (χ0v) is 13.3. The van der Waals surface area contributed by atoms with E-state index in [1.165, 1.54) is 16.4 Å². The van der Waals surface area contributed by atoms with Crippen molar-refractivity contribution in [2.24, 2.45) is 11.7 Å². The highest BCUT2D eigenvalue weighted by atomic mass is 32.2. The third-order valence-corrected chi connectivity index (χ3v) is 5.00. The van der Waals surface area contributed by atoms with Crippen LogP contribution in [0, 0.1) is 18.7 Å². The summed E-state index contributed by atoms with van der Waals surface area (Å²) >= 11 is 0. The molecule has 0 heterocycles. The van der Waals surface area contributed by atoms with E-state index in [-0.39, 0.29) is 22.9 Å². The van der Waals surface area contributed by atoms with Crippen LogP contribution in [-0.4, -0.2) is 25.8 Å². The standard InChI is InChI=1S/C14H23FN2O2S/c1-5-17(9-10(2)3)20(18,19)13-6-11(4)14(15)12(7-13)8-16/h6-7,10H,5,8-9,16H2,1-4H3. The number of benzene rings is 1. The van der Waals surface area contributed by atoms with E-state index in [4.69, 9.17) is 5.73 Å². The third-order valence-electron chi connectivity index (χ3n) is 3.08. The number of sulfonamides is 1. The average molecular weight is 302 g/mol. The number of aryl methyl sites for hydroxylation is 1. The van der Waals surface area contributed by atoms with Crippen LogP contribution < -0.4 is 5.73 Å². The van der Waals surface area contributed by atoms with E-state index in [0.29, 0.717) is 18.7 Å². The average Bonchev–Trinajstić information content (AvgIpc) is 2.38. The van der Waals surface area contributed by atoms with Crippen LogP contribution >= 0.6 is 0 Å². The summed E-state index contributed by atoms with van der Waals surface area (Å²) in [6, 6.07) is 2.70. The first-order valence-corrected chi connectivity index (χ1v) is 8.17. The van der Waals surface area contributed by atoms with Crippen molar-refractivity contribution in [3.8, 4) is 0 Å². The predicted octanol–water partition coefficient (Wildman–Crippen LogP) is 2.26. The summed E-state index contributed by atoms with van der Waals surface area (Å²) in [6.45, 7) is 8.06. The van der Waals surface area contributed by atoms with E-state index in [1.807, 2.05) is 13.8 Å². The number of halogens is 1. The van der Waals surface area contributed by atoms with Gasteiger partial charge in [0.2, 0.25) is 10.0 Å². The van der Waals surface area contributed by atoms with Crippen LogP contribution in [0.1, 0.15) is 31.9 Å². The Balaban J connectivity index is 3.31. The highest BCUT2D eigenvalue weighted by Gasteiger charge is 2.25. The minimum atomic E-state index is -3.61. The molecule has 0 aliphatic heterocycles. The summed E-state index contributed by atoms with van der Waals surface area (Å²) in [5.41, 5.74) is 6.00. The zero-order chi connectivity index (χ0) is 15.5. The Morgan fingerprint density at radius 2 is 1.95 bits per heavy atom. The van der Waals surface area contributed by atoms with Crippen LogP contribution in [0.2, 0.25) is 0 Å². The maximum atomic E-state index is 13.8. The molecule has 0 saturated heterocycles. The molecule has 0 saturated carbocycles. The van der Waals surface area contributed by atoms with Crippen molar-refractivity contribution in [2.45, 2.75) is 39.1 Å². The lowest BCUT2D eigenvalue weighted by Gasteiger charge is -2.23. The van der Waals surface area contributed by atoms with Crippen LogP contribution in [0.25, 0.3) is 0 Å². The summed E-state index contributed by atoms with van der Waals surface area (Å²) in [5, 5.41) is 0. The number of hydrogen-bond donors (Lipinski definition) is 1. The fourth-order valence-electron chi connectivity index (χ4n) is 2.06. The van der Waals surface area contributed by atoms with E-state index in [9.17, 15) is 12.8 Å². The SMILES string of the molecule is CCN(CC(C)C)S(=O)(=O)c1cc(C)c(F)c(CN)c1. The van der Waals surface area contributed by atoms with Gasteiger partial charge in [-0.1, -0.05) is 20.8 Å². The highest BCUT2D eigenvalue weighted by Crippen LogP contribution is 2.22. The molecule has 0 fully saturated rings. The normalized spacial score (nSPS) is 12.4. The van der Waals surface area contributed by atoms with E-state index < -0.39 is 15.8 Å². The molecule has 1 rings (SSSR count). The molecule has 0 atom stereocenters. The molecule has 0 aliphatic carbocycles. The number of nitrogens with zero attached hydrogens (tertiary/aromatic N) is 1. The van der Waals surface area contributed by atoms with Gasteiger partial charge in [0.05, 0.1) is 4.90 Å². The maximum absolute atomic E-state index is 13.8. The maximum Gasteiger partial charge on any atom is 0.243 e. The van der Waals surface area contributed by atoms with Gasteiger partial charge in [0, 0.05) is 25.2 Å². The first-order valence-electron chi connectivity index (χ1n) is 6.73. The van der Waals surface area contributed by atoms with E-state index in [1.54, 1.807) is 13.8 Å². The smallest absolute Gasteiger partial charge is 0.243 e. The molecule has 6 heteroatoms. The van der Waals surface area contributed by atoms with Crippen molar-refractivity contribution in [3.63, 3.8) is 0 Å². The van der Waals surface area contributed by atoms with Crippen LogP contribution in [0.4, 0.5) is 4.39 Å². The van der Waals surface area contributed by atoms with Crippen molar-refractivity contribution in [1.29, 1.82) is 0 Å². The lowest BCUT2D eigenvalue weighted by Crippen LogP contribution is -2.34. The zero-order valence-electron chi connectivity index (χ0n) is 12.5. The van der Waals surface area contributed by atoms with Crippen LogP contribution in [0.3, 0.4) is 0 Å². The van der Waals surface area contributed by atoms with Gasteiger partial charge in [0.1, 0.15) is 5.82 Å². The van der Waals surface area contributed by atoms with Crippen LogP contribution in [0.15, 0.2) is 17.0 Å². The van der Waals surface area contributed by atoms with Gasteiger partial charge in [-0.25, -0.2) is 12.8 Å². The minimum absolute atomic E-state index is 0.0215. The molecule has 0 radical (unpaired) electrons. The highest BCUT2D eigenvalue weighted by molar-refractivity contribution is 7.89. The third kappa shape index (κ3) is 3.56. The summed E-state index contributed by atoms with van der Waals surface area (Å²) in [4.78, 5) is 0.111. The van der Waals surface area contributed by atoms with E-state index in [0.717, 1.165) is 0 Å². The second-order valence-corrected chi connectivity index (χ2v) is 7.20. The van der Waals surface area contributed by atoms with Crippen LogP contribution in [0.5, 0.6) is 0 Å². The minimum Gasteiger partial charge on any atom is -0.326 e. The molecular formula is C14H23FN2O2S. The lowest BCUT2D eigenvalue weighted by molar-refractivity contribution is 0.380. The molecule has 0 spiro atoms. The molecule has 0 aliphatic rings. The van der Waals surface area contributed by atoms with Crippen molar-refractivity contribution in [1.82, 2.24) is 4.31 Å². The Morgan fingerprint density at radius 3 is 2.40 bits per heavy atom. The second kappa shape index (κ2) is 6.65. The molecule has 1 aromatic carbocycles. The largest absolute Gasteiger partial charge is 0.326 e.